The summed E-state index contributed by atoms with van der Waals surface area (Å²) in [5.41, 5.74) is 1.84. The number of nitrogens with zero attached hydrogens (tertiary/aromatic N) is 5. The van der Waals surface area contributed by atoms with Gasteiger partial charge in [-0.25, -0.2) is 0 Å². The Kier molecular flexibility index (Phi) is 8.83. The highest BCUT2D eigenvalue weighted by molar-refractivity contribution is 5.92. The second kappa shape index (κ2) is 10.2. The lowest BCUT2D eigenvalue weighted by molar-refractivity contribution is 0.00759. The zero-order valence-electron chi connectivity index (χ0n) is 15.8. The van der Waals surface area contributed by atoms with Crippen LogP contribution >= 0.6 is 24.8 Å². The zero-order valence-corrected chi connectivity index (χ0v) is 17.5. The third-order valence-electron chi connectivity index (χ3n) is 4.76. The number of hydrogen-bond acceptors (Lipinski definition) is 7. The van der Waals surface area contributed by atoms with E-state index in [1.54, 1.807) is 35.8 Å². The van der Waals surface area contributed by atoms with E-state index in [2.05, 4.69) is 20.7 Å². The molecule has 1 aliphatic carbocycles. The Morgan fingerprint density at radius 2 is 2.07 bits per heavy atom. The van der Waals surface area contributed by atoms with Crippen LogP contribution in [0.3, 0.4) is 0 Å². The predicted molar refractivity (Wildman–Crippen MR) is 105 cm³/mol. The van der Waals surface area contributed by atoms with Gasteiger partial charge in [-0.05, 0) is 19.4 Å². The zero-order chi connectivity index (χ0) is 18.8. The number of aliphatic hydroxyl groups is 2. The van der Waals surface area contributed by atoms with Crippen molar-refractivity contribution in [1.82, 2.24) is 30.1 Å². The number of methoxy groups -OCH3 is 1. The molecule has 2 heterocycles. The van der Waals surface area contributed by atoms with Crippen LogP contribution in [-0.2, 0) is 24.9 Å². The van der Waals surface area contributed by atoms with Gasteiger partial charge in [-0.2, -0.15) is 5.10 Å². The first kappa shape index (κ1) is 24.3. The topological polar surface area (TPSA) is 127 Å². The van der Waals surface area contributed by atoms with Gasteiger partial charge >= 0.3 is 0 Å². The fourth-order valence-electron chi connectivity index (χ4n) is 3.24. The van der Waals surface area contributed by atoms with Gasteiger partial charge in [0, 0.05) is 32.3 Å². The molecule has 158 valence electrons. The molecule has 4 atom stereocenters. The summed E-state index contributed by atoms with van der Waals surface area (Å²) in [7, 11) is 3.33. The summed E-state index contributed by atoms with van der Waals surface area (Å²) in [4.78, 5) is 12.3. The molecule has 2 aromatic rings. The monoisotopic (exact) mass is 436 g/mol. The second-order valence-electron chi connectivity index (χ2n) is 6.72. The van der Waals surface area contributed by atoms with Gasteiger partial charge in [0.05, 0.1) is 24.9 Å². The average Bonchev–Trinajstić information content (AvgIpc) is 3.25. The first-order chi connectivity index (χ1) is 12.4. The van der Waals surface area contributed by atoms with Crippen LogP contribution in [0.15, 0.2) is 12.3 Å². The number of aromatic nitrogens is 5. The maximum Gasteiger partial charge on any atom is 0.272 e. The number of hydrogen-bond donors (Lipinski definition) is 3. The highest BCUT2D eigenvalue weighted by atomic mass is 35.5. The van der Waals surface area contributed by atoms with E-state index in [-0.39, 0.29) is 42.3 Å². The molecule has 0 radical (unpaired) electrons. The van der Waals surface area contributed by atoms with Gasteiger partial charge in [0.25, 0.3) is 5.91 Å². The van der Waals surface area contributed by atoms with Crippen molar-refractivity contribution in [2.45, 2.75) is 44.7 Å². The lowest BCUT2D eigenvalue weighted by Gasteiger charge is -2.17. The van der Waals surface area contributed by atoms with Crippen LogP contribution in [0, 0.1) is 12.8 Å². The van der Waals surface area contributed by atoms with Crippen molar-refractivity contribution in [3.63, 3.8) is 0 Å². The Morgan fingerprint density at radius 1 is 1.36 bits per heavy atom. The number of rotatable bonds is 6. The summed E-state index contributed by atoms with van der Waals surface area (Å²) in [6.45, 7) is 2.60. The Labute approximate surface area is 175 Å². The van der Waals surface area contributed by atoms with Crippen LogP contribution in [0.25, 0.3) is 0 Å². The van der Waals surface area contributed by atoms with Crippen LogP contribution in [0.4, 0.5) is 0 Å². The third-order valence-corrected chi connectivity index (χ3v) is 4.76. The SMILES string of the molecule is COCc1cn(C[C@H]2C[C@@H](NC(=O)c3cc(C)n(C)n3)[C@H](O)[C@@H]2O)nn1.Cl.Cl. The van der Waals surface area contributed by atoms with Crippen LogP contribution in [-0.4, -0.2) is 66.3 Å². The molecule has 10 nitrogen and oxygen atoms in total. The molecular formula is C16H26Cl2N6O4. The average molecular weight is 437 g/mol. The molecule has 1 saturated carbocycles. The van der Waals surface area contributed by atoms with Crippen molar-refractivity contribution in [1.29, 1.82) is 0 Å². The van der Waals surface area contributed by atoms with Crippen molar-refractivity contribution >= 4 is 30.7 Å². The quantitative estimate of drug-likeness (QED) is 0.574. The summed E-state index contributed by atoms with van der Waals surface area (Å²) in [5.74, 6) is -0.619. The Balaban J connectivity index is 0.00000196. The Hall–Kier alpha value is -1.72. The Bertz CT molecular complexity index is 764. The van der Waals surface area contributed by atoms with E-state index in [1.807, 2.05) is 6.92 Å². The number of amides is 1. The predicted octanol–water partition coefficient (Wildman–Crippen LogP) is -0.150. The van der Waals surface area contributed by atoms with Crippen molar-refractivity contribution in [3.8, 4) is 0 Å². The molecule has 2 aromatic heterocycles. The van der Waals surface area contributed by atoms with Gasteiger partial charge < -0.3 is 20.3 Å². The lowest BCUT2D eigenvalue weighted by Crippen LogP contribution is -2.43. The maximum absolute atomic E-state index is 12.3. The first-order valence-corrected chi connectivity index (χ1v) is 8.44. The minimum absolute atomic E-state index is 0. The molecule has 3 N–H and O–H groups in total. The highest BCUT2D eigenvalue weighted by Gasteiger charge is 2.42. The molecule has 0 unspecified atom stereocenters. The molecule has 0 aliphatic heterocycles. The summed E-state index contributed by atoms with van der Waals surface area (Å²) >= 11 is 0. The molecule has 0 bridgehead atoms. The number of halogens is 2. The summed E-state index contributed by atoms with van der Waals surface area (Å²) in [6, 6.07) is 1.13. The normalized spacial score (nSPS) is 23.8. The summed E-state index contributed by atoms with van der Waals surface area (Å²) in [5, 5.41) is 35.5. The van der Waals surface area contributed by atoms with Gasteiger partial charge in [0.1, 0.15) is 17.5 Å². The molecule has 1 fully saturated rings. The highest BCUT2D eigenvalue weighted by Crippen LogP contribution is 2.28. The molecule has 0 aromatic carbocycles. The first-order valence-electron chi connectivity index (χ1n) is 8.44. The van der Waals surface area contributed by atoms with Crippen LogP contribution < -0.4 is 5.32 Å². The number of carbonyl (C=O) groups is 1. The third kappa shape index (κ3) is 5.21. The molecule has 3 rings (SSSR count). The fraction of sp³-hybridized carbons (Fsp3) is 0.625. The molecule has 1 aliphatic rings. The van der Waals surface area contributed by atoms with Gasteiger partial charge in [-0.3, -0.25) is 14.2 Å². The van der Waals surface area contributed by atoms with E-state index in [0.717, 1.165) is 5.69 Å². The molecule has 28 heavy (non-hydrogen) atoms. The summed E-state index contributed by atoms with van der Waals surface area (Å²) in [6.07, 6.45) is 0.168. The van der Waals surface area contributed by atoms with Crippen LogP contribution in [0.2, 0.25) is 0 Å². The van der Waals surface area contributed by atoms with E-state index in [4.69, 9.17) is 4.74 Å². The summed E-state index contributed by atoms with van der Waals surface area (Å²) < 4.78 is 8.23. The van der Waals surface area contributed by atoms with Gasteiger partial charge in [0.15, 0.2) is 0 Å². The van der Waals surface area contributed by atoms with Crippen molar-refractivity contribution in [2.75, 3.05) is 7.11 Å². The molecular weight excluding hydrogens is 411 g/mol. The van der Waals surface area contributed by atoms with E-state index in [0.29, 0.717) is 25.3 Å². The minimum Gasteiger partial charge on any atom is -0.390 e. The van der Waals surface area contributed by atoms with Crippen molar-refractivity contribution in [2.24, 2.45) is 13.0 Å². The smallest absolute Gasteiger partial charge is 0.272 e. The van der Waals surface area contributed by atoms with E-state index < -0.39 is 18.2 Å². The standard InChI is InChI=1S/C16H24N6O4.2ClH/c1-9-4-13(19-21(9)2)16(25)17-12-5-10(14(23)15(12)24)6-22-7-11(8-26-3)18-20-22;;/h4,7,10,12,14-15,23-24H,5-6,8H2,1-3H3,(H,17,25);2*1H/t10-,12-,14-,15+;;/m1../s1. The second-order valence-corrected chi connectivity index (χ2v) is 6.72. The molecule has 0 spiro atoms. The van der Waals surface area contributed by atoms with E-state index in [1.165, 1.54) is 0 Å². The molecule has 0 saturated heterocycles. The Morgan fingerprint density at radius 3 is 2.68 bits per heavy atom. The van der Waals surface area contributed by atoms with Gasteiger partial charge in [-0.1, -0.05) is 5.21 Å². The molecule has 12 heteroatoms. The maximum atomic E-state index is 12.3. The van der Waals surface area contributed by atoms with E-state index >= 15 is 0 Å². The van der Waals surface area contributed by atoms with E-state index in [9.17, 15) is 15.0 Å². The minimum atomic E-state index is -1.05. The lowest BCUT2D eigenvalue weighted by atomic mass is 10.1. The molecule has 1 amide bonds. The number of nitrogens with one attached hydrogen (secondary N) is 1. The van der Waals surface area contributed by atoms with Gasteiger partial charge in [-0.15, -0.1) is 29.9 Å². The number of aryl methyl sites for hydroxylation is 2. The van der Waals surface area contributed by atoms with Crippen LogP contribution in [0.5, 0.6) is 0 Å². The number of aliphatic hydroxyl groups excluding tert-OH is 2. The number of carbonyl (C=O) groups excluding carboxylic acids is 1. The fourth-order valence-corrected chi connectivity index (χ4v) is 3.24. The van der Waals surface area contributed by atoms with Gasteiger partial charge in [0.2, 0.25) is 0 Å². The van der Waals surface area contributed by atoms with Crippen molar-refractivity contribution in [3.05, 3.63) is 29.3 Å². The largest absolute Gasteiger partial charge is 0.390 e. The van der Waals surface area contributed by atoms with Crippen LogP contribution in [0.1, 0.15) is 28.3 Å². The van der Waals surface area contributed by atoms with Crippen molar-refractivity contribution < 1.29 is 19.7 Å². The number of ether oxygens (including phenoxy) is 1.